The predicted octanol–water partition coefficient (Wildman–Crippen LogP) is 15.7. The molecule has 9 rings (SSSR count). The zero-order chi connectivity index (χ0) is 80.6. The van der Waals surface area contributed by atoms with Crippen LogP contribution in [-0.2, 0) is 40.8 Å². The van der Waals surface area contributed by atoms with Crippen molar-refractivity contribution < 1.29 is 38.1 Å². The van der Waals surface area contributed by atoms with Crippen LogP contribution in [0.25, 0.3) is 0 Å². The Morgan fingerprint density at radius 3 is 0.589 bits per heavy atom. The molecule has 0 fully saturated rings. The van der Waals surface area contributed by atoms with Crippen LogP contribution in [0.1, 0.15) is 105 Å². The number of carbonyl (C=O) groups excluding carboxylic acids is 4. The minimum absolute atomic E-state index is 0.221. The Balaban J connectivity index is 1.17. The highest BCUT2D eigenvalue weighted by molar-refractivity contribution is 8.01. The molecule has 0 atom stereocenters. The minimum Gasteiger partial charge on any atom is -0.481 e. The van der Waals surface area contributed by atoms with Crippen LogP contribution >= 0.6 is 95.9 Å². The van der Waals surface area contributed by atoms with Crippen molar-refractivity contribution in [2.45, 2.75) is 144 Å². The summed E-state index contributed by atoms with van der Waals surface area (Å²) < 4.78 is 28.0. The van der Waals surface area contributed by atoms with Crippen molar-refractivity contribution in [2.24, 2.45) is 0 Å². The fourth-order valence-corrected chi connectivity index (χ4v) is 16.4. The molecule has 4 amide bonds. The molecule has 0 aliphatic carbocycles. The van der Waals surface area contributed by atoms with Gasteiger partial charge < -0.3 is 82.7 Å². The zero-order valence-corrected chi connectivity index (χ0v) is 71.7. The number of anilines is 4. The van der Waals surface area contributed by atoms with Crippen LogP contribution in [0.5, 0.6) is 23.0 Å². The summed E-state index contributed by atoms with van der Waals surface area (Å²) in [6.07, 6.45) is 0. The molecule has 1 heterocycles. The Morgan fingerprint density at radius 2 is 0.429 bits per heavy atom. The highest BCUT2D eigenvalue weighted by Crippen LogP contribution is 2.56. The highest BCUT2D eigenvalue weighted by Gasteiger charge is 2.32. The van der Waals surface area contributed by atoms with Crippen molar-refractivity contribution in [3.63, 3.8) is 0 Å². The van der Waals surface area contributed by atoms with Crippen molar-refractivity contribution in [3.8, 4) is 23.0 Å². The predicted molar refractivity (Wildman–Crippen MR) is 474 cm³/mol. The Morgan fingerprint density at radius 1 is 0.268 bits per heavy atom. The molecule has 8 bridgehead atoms. The van der Waals surface area contributed by atoms with Gasteiger partial charge in [-0.25, -0.2) is 0 Å². The molecule has 12 N–H and O–H groups in total. The number of ether oxygens (including phenoxy) is 4. The Kier molecular flexibility index (Phi) is 32.0. The Labute approximate surface area is 697 Å². The van der Waals surface area contributed by atoms with Gasteiger partial charge in [-0.05, 0) is 190 Å². The van der Waals surface area contributed by atoms with Gasteiger partial charge in [0.2, 0.25) is 0 Å². The van der Waals surface area contributed by atoms with Gasteiger partial charge in [0.25, 0.3) is 23.6 Å². The number of nitrogens with one attached hydrogen (secondary N) is 12. The van der Waals surface area contributed by atoms with E-state index in [4.69, 9.17) is 67.8 Å². The molecule has 0 saturated heterocycles. The number of benzene rings is 8. The third kappa shape index (κ3) is 27.7. The topological polar surface area (TPSA) is 250 Å². The molecule has 28 heteroatoms. The molecule has 112 heavy (non-hydrogen) atoms. The third-order valence-corrected chi connectivity index (χ3v) is 22.0. The van der Waals surface area contributed by atoms with E-state index in [1.165, 1.54) is 47.0 Å². The summed E-state index contributed by atoms with van der Waals surface area (Å²) in [5.74, 6) is -0.0409. The van der Waals surface area contributed by atoms with Crippen LogP contribution in [0, 0.1) is 0 Å². The number of carbonyl (C=O) groups is 4. The van der Waals surface area contributed by atoms with Gasteiger partial charge in [0.05, 0.1) is 39.2 Å². The van der Waals surface area contributed by atoms with E-state index in [0.717, 1.165) is 45.0 Å². The van der Waals surface area contributed by atoms with Crippen molar-refractivity contribution >= 4 is 163 Å². The molecule has 0 radical (unpaired) electrons. The second-order valence-corrected chi connectivity index (χ2v) is 36.1. The zero-order valence-electron chi connectivity index (χ0n) is 65.2. The van der Waals surface area contributed by atoms with Crippen LogP contribution in [0.15, 0.2) is 209 Å². The van der Waals surface area contributed by atoms with Crippen molar-refractivity contribution in [1.82, 2.24) is 42.5 Å². The van der Waals surface area contributed by atoms with Crippen molar-refractivity contribution in [2.75, 3.05) is 100 Å². The molecular formula is C84H100N12O8S8. The van der Waals surface area contributed by atoms with E-state index in [9.17, 15) is 19.2 Å². The van der Waals surface area contributed by atoms with Crippen LogP contribution in [0.3, 0.4) is 0 Å². The fraction of sp³-hybridized carbons (Fsp3) is 0.333. The lowest BCUT2D eigenvalue weighted by Crippen LogP contribution is -2.38. The average Bonchev–Trinajstić information content (AvgIpc) is 0.758. The van der Waals surface area contributed by atoms with E-state index in [2.05, 4.69) is 195 Å². The molecule has 0 spiro atoms. The molecule has 8 aromatic rings. The van der Waals surface area contributed by atoms with Crippen LogP contribution < -0.4 is 82.7 Å². The summed E-state index contributed by atoms with van der Waals surface area (Å²) >= 11 is 27.9. The smallest absolute Gasteiger partial charge is 0.258 e. The maximum absolute atomic E-state index is 14.3. The lowest BCUT2D eigenvalue weighted by Gasteiger charge is -2.28. The largest absolute Gasteiger partial charge is 0.481 e. The van der Waals surface area contributed by atoms with Gasteiger partial charge in [-0.2, -0.15) is 0 Å². The van der Waals surface area contributed by atoms with Crippen LogP contribution in [0.4, 0.5) is 22.7 Å². The van der Waals surface area contributed by atoms with Gasteiger partial charge in [-0.3, -0.25) is 19.2 Å². The fourth-order valence-electron chi connectivity index (χ4n) is 10.7. The summed E-state index contributed by atoms with van der Waals surface area (Å²) in [7, 11) is 0. The number of amides is 4. The second kappa shape index (κ2) is 41.2. The number of rotatable bonds is 28. The van der Waals surface area contributed by atoms with Crippen LogP contribution in [-0.4, -0.2) is 123 Å². The quantitative estimate of drug-likeness (QED) is 0.0161. The van der Waals surface area contributed by atoms with E-state index in [-0.39, 0.29) is 26.2 Å². The maximum Gasteiger partial charge on any atom is 0.258 e. The van der Waals surface area contributed by atoms with E-state index in [1.807, 2.05) is 121 Å². The molecule has 8 aromatic carbocycles. The molecule has 20 nitrogen and oxygen atoms in total. The molecule has 1 aliphatic heterocycles. The number of thiocarbonyl (C=S) groups is 4. The SMILES string of the molecule is CC(C)(C)c1cc2c(OCC(=O)NCCNC(=S)Nc3ccccc3)c(c1)Sc1cc(C(C)(C)C)cc(c1OCC(=O)NCCNC(=S)Nc1ccccc1)Sc1cc(C(C)(C)C)cc(c1OCC(=O)NCCNC(=S)Nc1ccccc1)Sc1cc(C(C)(C)C)cc(c1OCC(=O)NCCNC(=S)Nc1ccccc1)S2. The first kappa shape index (κ1) is 87.0. The molecule has 592 valence electrons. The minimum atomic E-state index is -0.473. The van der Waals surface area contributed by atoms with Crippen molar-refractivity contribution in [1.29, 1.82) is 0 Å². The van der Waals surface area contributed by atoms with E-state index >= 15 is 0 Å². The third-order valence-electron chi connectivity index (χ3n) is 16.9. The summed E-state index contributed by atoms with van der Waals surface area (Å²) in [5, 5.41) is 39.1. The summed E-state index contributed by atoms with van der Waals surface area (Å²) in [5.41, 5.74) is 5.14. The van der Waals surface area contributed by atoms with E-state index < -0.39 is 71.7 Å². The second-order valence-electron chi connectivity index (χ2n) is 30.2. The van der Waals surface area contributed by atoms with Gasteiger partial charge in [0.15, 0.2) is 46.9 Å². The van der Waals surface area contributed by atoms with Gasteiger partial charge in [0, 0.05) is 75.1 Å². The normalized spacial score (nSPS) is 12.0. The number of hydrogen-bond donors (Lipinski definition) is 12. The first-order valence-electron chi connectivity index (χ1n) is 36.7. The number of para-hydroxylation sites is 4. The molecule has 0 aromatic heterocycles. The van der Waals surface area contributed by atoms with Gasteiger partial charge in [-0.1, -0.05) is 203 Å². The molecule has 0 saturated carbocycles. The monoisotopic (exact) mass is 1660 g/mol. The summed E-state index contributed by atoms with van der Waals surface area (Å²) in [6, 6.07) is 55.0. The van der Waals surface area contributed by atoms with Crippen LogP contribution in [0.2, 0.25) is 0 Å². The molecule has 0 unspecified atom stereocenters. The molecule has 1 aliphatic rings. The lowest BCUT2D eigenvalue weighted by atomic mass is 9.87. The summed E-state index contributed by atoms with van der Waals surface area (Å²) in [6.45, 7) is 26.2. The Bertz CT molecular complexity index is 3940. The van der Waals surface area contributed by atoms with E-state index in [0.29, 0.717) is 109 Å². The maximum atomic E-state index is 14.3. The highest BCUT2D eigenvalue weighted by atomic mass is 32.2. The molecular weight excluding hydrogens is 1560 g/mol. The Hall–Kier alpha value is -9.00. The number of hydrogen-bond acceptors (Lipinski definition) is 16. The van der Waals surface area contributed by atoms with Crippen molar-refractivity contribution in [3.05, 3.63) is 192 Å². The average molecular weight is 1660 g/mol. The summed E-state index contributed by atoms with van der Waals surface area (Å²) in [4.78, 5) is 62.4. The standard InChI is InChI=1S/C84H100N12O8S8/c1-81(2,3)53-41-61-73(101-49-69(97)85-33-37-89-77(105)93-57-25-17-13-18-26-57)62(42-53)110-64-44-55(83(7,8)9)46-66(75(64)103-51-71(99)87-35-39-91-79(107)95-59-29-21-15-22-30-59)112-68-48-56(84(10,11)12)47-67(76(68)104-52-72(100)88-36-40-92-80(108)96-60-31-23-16-24-32-60)111-65-45-54(82(4,5)6)43-63(109-61)74(65)102-50-70(98)86-34-38-90-78(106)94-58-27-19-14-20-28-58/h13-32,41-48H,33-40,49-52H2,1-12H3,(H,85,97)(H,86,98)(H,87,99)(H,88,100)(H2,89,93,105)(H2,90,94,106)(H2,91,95,107)(H2,92,96,108). The van der Waals surface area contributed by atoms with Gasteiger partial charge in [0.1, 0.15) is 23.0 Å². The van der Waals surface area contributed by atoms with E-state index in [1.54, 1.807) is 0 Å². The lowest BCUT2D eigenvalue weighted by molar-refractivity contribution is -0.123. The number of fused-ring (bicyclic) bond motifs is 8. The first-order chi connectivity index (χ1) is 53.3. The van der Waals surface area contributed by atoms with Gasteiger partial charge >= 0.3 is 0 Å². The van der Waals surface area contributed by atoms with Gasteiger partial charge in [-0.15, -0.1) is 0 Å². The first-order valence-corrected chi connectivity index (χ1v) is 41.6.